The number of alkyl halides is 7. The van der Waals surface area contributed by atoms with Gasteiger partial charge in [0.25, 0.3) is 0 Å². The Morgan fingerprint density at radius 2 is 1.68 bits per heavy atom. The summed E-state index contributed by atoms with van der Waals surface area (Å²) in [5, 5.41) is 2.09. The van der Waals surface area contributed by atoms with E-state index >= 15 is 0 Å². The first-order valence-electron chi connectivity index (χ1n) is 10.4. The maximum Gasteiger partial charge on any atom is 0.435 e. The van der Waals surface area contributed by atoms with Crippen molar-refractivity contribution in [2.45, 2.75) is 43.3 Å². The molecule has 0 radical (unpaired) electrons. The van der Waals surface area contributed by atoms with Gasteiger partial charge in [-0.3, -0.25) is 9.59 Å². The first-order chi connectivity index (χ1) is 16.6. The summed E-state index contributed by atoms with van der Waals surface area (Å²) in [5.41, 5.74) is -4.87. The number of aryl methyl sites for hydroxylation is 1. The molecular weight excluding hydrogens is 557 g/mol. The number of carbonyl (C=O) groups is 2. The summed E-state index contributed by atoms with van der Waals surface area (Å²) in [7, 11) is -3.55. The van der Waals surface area contributed by atoms with Crippen LogP contribution in [-0.4, -0.2) is 50.6 Å². The van der Waals surface area contributed by atoms with Crippen LogP contribution in [0.5, 0.6) is 0 Å². The highest BCUT2D eigenvalue weighted by molar-refractivity contribution is 7.90. The Balaban J connectivity index is 2.71. The molecule has 2 amide bonds. The largest absolute Gasteiger partial charge is 0.435 e. The van der Waals surface area contributed by atoms with Crippen molar-refractivity contribution >= 4 is 33.3 Å². The van der Waals surface area contributed by atoms with Crippen LogP contribution in [0.1, 0.15) is 23.6 Å². The van der Waals surface area contributed by atoms with Gasteiger partial charge in [0.15, 0.2) is 0 Å². The smallest absolute Gasteiger partial charge is 0.369 e. The van der Waals surface area contributed by atoms with Gasteiger partial charge in [-0.2, -0.15) is 26.3 Å². The third kappa shape index (κ3) is 5.64. The number of rotatable bonds is 7. The van der Waals surface area contributed by atoms with Crippen molar-refractivity contribution in [2.24, 2.45) is 11.7 Å². The van der Waals surface area contributed by atoms with Crippen LogP contribution in [0.15, 0.2) is 41.5 Å². The van der Waals surface area contributed by atoms with Gasteiger partial charge in [-0.1, -0.05) is 42.0 Å². The normalized spacial score (nSPS) is 21.8. The summed E-state index contributed by atoms with van der Waals surface area (Å²) in [4.78, 5) is 25.9. The van der Waals surface area contributed by atoms with Gasteiger partial charge in [-0.25, -0.2) is 12.8 Å². The zero-order valence-electron chi connectivity index (χ0n) is 19.5. The Morgan fingerprint density at radius 1 is 1.14 bits per heavy atom. The van der Waals surface area contributed by atoms with Crippen LogP contribution in [0.2, 0.25) is 0 Å². The molecule has 0 bridgehead atoms. The van der Waals surface area contributed by atoms with E-state index in [1.165, 1.54) is 19.1 Å². The van der Waals surface area contributed by atoms with E-state index in [4.69, 9.17) is 17.3 Å². The highest BCUT2D eigenvalue weighted by atomic mass is 35.5. The molecule has 3 unspecified atom stereocenters. The number of hydrogen-bond donors (Lipinski definition) is 2. The molecule has 6 nitrogen and oxygen atoms in total. The molecule has 0 spiro atoms. The van der Waals surface area contributed by atoms with E-state index in [1.54, 1.807) is 0 Å². The highest BCUT2D eigenvalue weighted by Crippen LogP contribution is 2.54. The van der Waals surface area contributed by atoms with Crippen molar-refractivity contribution in [3.8, 4) is 0 Å². The molecule has 0 aromatic heterocycles. The molecule has 0 saturated heterocycles. The van der Waals surface area contributed by atoms with Crippen molar-refractivity contribution in [3.63, 3.8) is 0 Å². The molecular formula is C22H22ClF7N2O4S. The molecule has 1 aromatic rings. The number of halogens is 8. The second-order valence-corrected chi connectivity index (χ2v) is 11.4. The van der Waals surface area contributed by atoms with Crippen LogP contribution in [0, 0.1) is 12.8 Å². The minimum Gasteiger partial charge on any atom is -0.369 e. The number of primary amides is 1. The van der Waals surface area contributed by atoms with Gasteiger partial charge >= 0.3 is 18.0 Å². The van der Waals surface area contributed by atoms with Crippen molar-refractivity contribution in [1.29, 1.82) is 0 Å². The minimum absolute atomic E-state index is 0.204. The van der Waals surface area contributed by atoms with E-state index in [0.29, 0.717) is 6.07 Å². The van der Waals surface area contributed by atoms with Crippen molar-refractivity contribution < 1.29 is 48.7 Å². The predicted octanol–water partition coefficient (Wildman–Crippen LogP) is 3.87. The van der Waals surface area contributed by atoms with Crippen molar-refractivity contribution in [2.75, 3.05) is 12.0 Å². The summed E-state index contributed by atoms with van der Waals surface area (Å²) in [6.45, 7) is 2.36. The zero-order chi connectivity index (χ0) is 28.8. The quantitative estimate of drug-likeness (QED) is 0.479. The third-order valence-electron chi connectivity index (χ3n) is 5.81. The zero-order valence-corrected chi connectivity index (χ0v) is 21.0. The minimum atomic E-state index is -6.37. The second-order valence-electron chi connectivity index (χ2n) is 8.76. The SMILES string of the molecule is Cc1cc(C(F)(C(F)(F)F)C(F)(F)F)ccc1C1(C(N)=O)C=CC=C(Cl)C1C(=O)NC(C)CS(C)(=O)=O. The average Bonchev–Trinajstić information content (AvgIpc) is 2.69. The predicted molar refractivity (Wildman–Crippen MR) is 121 cm³/mol. The van der Waals surface area contributed by atoms with Gasteiger partial charge in [0.05, 0.1) is 11.7 Å². The first-order valence-corrected chi connectivity index (χ1v) is 12.8. The standard InChI is InChI=1S/C22H22ClF7N2O4S/c1-11-9-13(20(24,21(25,26)27)22(28,29)30)6-7-14(11)19(18(31)34)8-4-5-15(23)16(19)17(33)32-12(2)10-37(3,35)36/h4-9,12,16H,10H2,1-3H3,(H2,31,34)(H,32,33). The number of nitrogens with two attached hydrogens (primary N) is 1. The molecule has 0 fully saturated rings. The molecule has 2 rings (SSSR count). The van der Waals surface area contributed by atoms with E-state index < -0.39 is 73.9 Å². The number of sulfone groups is 1. The Hall–Kier alpha value is -2.61. The van der Waals surface area contributed by atoms with Gasteiger partial charge in [-0.15, -0.1) is 0 Å². The van der Waals surface area contributed by atoms with E-state index in [2.05, 4.69) is 5.32 Å². The molecule has 3 N–H and O–H groups in total. The maximum atomic E-state index is 14.6. The lowest BCUT2D eigenvalue weighted by molar-refractivity contribution is -0.348. The van der Waals surface area contributed by atoms with E-state index in [1.807, 2.05) is 0 Å². The summed E-state index contributed by atoms with van der Waals surface area (Å²) >= 11 is 6.21. The second kappa shape index (κ2) is 9.93. The molecule has 1 aromatic carbocycles. The van der Waals surface area contributed by atoms with Crippen LogP contribution < -0.4 is 11.1 Å². The van der Waals surface area contributed by atoms with Crippen LogP contribution in [0.4, 0.5) is 30.7 Å². The van der Waals surface area contributed by atoms with Crippen LogP contribution in [-0.2, 0) is 30.5 Å². The van der Waals surface area contributed by atoms with Gasteiger partial charge in [0.1, 0.15) is 15.3 Å². The lowest BCUT2D eigenvalue weighted by atomic mass is 9.65. The molecule has 1 aliphatic rings. The average molecular weight is 579 g/mol. The van der Waals surface area contributed by atoms with Gasteiger partial charge < -0.3 is 11.1 Å². The first kappa shape index (κ1) is 30.6. The van der Waals surface area contributed by atoms with Crippen molar-refractivity contribution in [1.82, 2.24) is 5.32 Å². The number of carbonyl (C=O) groups excluding carboxylic acids is 2. The monoisotopic (exact) mass is 578 g/mol. The molecule has 15 heteroatoms. The Kier molecular flexibility index (Phi) is 8.22. The fraction of sp³-hybridized carbons (Fsp3) is 0.455. The molecule has 1 aliphatic carbocycles. The maximum absolute atomic E-state index is 14.6. The number of nitrogens with one attached hydrogen (secondary N) is 1. The Labute approximate surface area is 212 Å². The Bertz CT molecular complexity index is 1240. The van der Waals surface area contributed by atoms with E-state index in [0.717, 1.165) is 19.3 Å². The summed E-state index contributed by atoms with van der Waals surface area (Å²) in [6.07, 6.45) is -8.32. The summed E-state index contributed by atoms with van der Waals surface area (Å²) in [5.74, 6) is -4.41. The van der Waals surface area contributed by atoms with Gasteiger partial charge in [0, 0.05) is 22.9 Å². The van der Waals surface area contributed by atoms with Gasteiger partial charge in [-0.05, 0) is 31.1 Å². The highest BCUT2D eigenvalue weighted by Gasteiger charge is 2.73. The lowest BCUT2D eigenvalue weighted by Crippen LogP contribution is -2.54. The topological polar surface area (TPSA) is 106 Å². The molecule has 37 heavy (non-hydrogen) atoms. The lowest BCUT2D eigenvalue weighted by Gasteiger charge is -2.39. The number of amides is 2. The van der Waals surface area contributed by atoms with E-state index in [9.17, 15) is 48.7 Å². The fourth-order valence-electron chi connectivity index (χ4n) is 4.29. The molecule has 206 valence electrons. The number of hydrogen-bond acceptors (Lipinski definition) is 4. The van der Waals surface area contributed by atoms with Gasteiger partial charge in [0.2, 0.25) is 11.8 Å². The van der Waals surface area contributed by atoms with E-state index in [-0.39, 0.29) is 22.7 Å². The third-order valence-corrected chi connectivity index (χ3v) is 7.26. The molecule has 0 saturated carbocycles. The van der Waals surface area contributed by atoms with Crippen molar-refractivity contribution in [3.05, 3.63) is 58.1 Å². The number of benzene rings is 1. The van der Waals surface area contributed by atoms with Crippen LogP contribution >= 0.6 is 11.6 Å². The van der Waals surface area contributed by atoms with Crippen LogP contribution in [0.3, 0.4) is 0 Å². The molecule has 3 atom stereocenters. The Morgan fingerprint density at radius 3 is 2.11 bits per heavy atom. The fourth-order valence-corrected chi connectivity index (χ4v) is 5.62. The van der Waals surface area contributed by atoms with Crippen LogP contribution in [0.25, 0.3) is 0 Å². The summed E-state index contributed by atoms with van der Waals surface area (Å²) in [6, 6.07) is 0.136. The molecule has 0 heterocycles. The summed E-state index contributed by atoms with van der Waals surface area (Å²) < 4.78 is 117. The molecule has 0 aliphatic heterocycles. The number of allylic oxidation sites excluding steroid dienone is 2.